The summed E-state index contributed by atoms with van der Waals surface area (Å²) >= 11 is 1.53. The summed E-state index contributed by atoms with van der Waals surface area (Å²) in [6.07, 6.45) is -4.44. The van der Waals surface area contributed by atoms with Crippen molar-refractivity contribution in [2.24, 2.45) is 0 Å². The number of aryl methyl sites for hydroxylation is 1. The van der Waals surface area contributed by atoms with Crippen molar-refractivity contribution in [2.45, 2.75) is 25.1 Å². The Morgan fingerprint density at radius 1 is 1.29 bits per heavy atom. The first-order valence-corrected chi connectivity index (χ1v) is 6.13. The molecule has 1 rings (SSSR count). The fourth-order valence-electron chi connectivity index (χ4n) is 1.34. The number of allylic oxidation sites excluding steroid dienone is 1. The van der Waals surface area contributed by atoms with Crippen molar-refractivity contribution in [3.05, 3.63) is 45.6 Å². The van der Waals surface area contributed by atoms with Gasteiger partial charge in [-0.25, -0.2) is 0 Å². The van der Waals surface area contributed by atoms with Gasteiger partial charge in [0.25, 0.3) is 0 Å². The molecule has 0 spiro atoms. The molecule has 94 valence electrons. The average Bonchev–Trinajstić information content (AvgIpc) is 2.25. The molecule has 0 aliphatic rings. The van der Waals surface area contributed by atoms with Gasteiger partial charge in [-0.1, -0.05) is 30.3 Å². The Labute approximate surface area is 111 Å². The third-order valence-corrected chi connectivity index (χ3v) is 3.20. The van der Waals surface area contributed by atoms with Crippen LogP contribution in [0.5, 0.6) is 0 Å². The summed E-state index contributed by atoms with van der Waals surface area (Å²) in [5.74, 6) is 0. The van der Waals surface area contributed by atoms with E-state index in [-0.39, 0.29) is 16.1 Å². The molecule has 0 saturated carbocycles. The molecular weight excluding hydrogens is 344 g/mol. The van der Waals surface area contributed by atoms with Crippen LogP contribution in [0.3, 0.4) is 0 Å². The fraction of sp³-hybridized carbons (Fsp3) is 0.333. The minimum Gasteiger partial charge on any atom is -0.388 e. The minimum atomic E-state index is -4.37. The van der Waals surface area contributed by atoms with E-state index in [9.17, 15) is 18.3 Å². The molecular formula is C12H12F3IO. The third kappa shape index (κ3) is 6.07. The van der Waals surface area contributed by atoms with Gasteiger partial charge in [0.1, 0.15) is 0 Å². The van der Waals surface area contributed by atoms with Crippen LogP contribution in [-0.2, 0) is 6.42 Å². The van der Waals surface area contributed by atoms with Crippen molar-refractivity contribution in [3.8, 4) is 0 Å². The van der Waals surface area contributed by atoms with Crippen LogP contribution < -0.4 is 0 Å². The number of aliphatic hydroxyl groups excluding tert-OH is 1. The monoisotopic (exact) mass is 356 g/mol. The van der Waals surface area contributed by atoms with Crippen molar-refractivity contribution in [1.82, 2.24) is 0 Å². The molecule has 0 bridgehead atoms. The molecule has 0 amide bonds. The van der Waals surface area contributed by atoms with Crippen molar-refractivity contribution in [2.75, 3.05) is 0 Å². The van der Waals surface area contributed by atoms with E-state index < -0.39 is 12.3 Å². The number of alkyl halides is 3. The Balaban J connectivity index is 2.50. The predicted octanol–water partition coefficient (Wildman–Crippen LogP) is 3.86. The van der Waals surface area contributed by atoms with Gasteiger partial charge in [-0.15, -0.1) is 0 Å². The molecule has 1 atom stereocenters. The lowest BCUT2D eigenvalue weighted by Crippen LogP contribution is -2.12. The zero-order valence-corrected chi connectivity index (χ0v) is 11.1. The first-order valence-electron chi connectivity index (χ1n) is 5.05. The van der Waals surface area contributed by atoms with Crippen LogP contribution in [0.25, 0.3) is 0 Å². The first-order chi connectivity index (χ1) is 7.88. The van der Waals surface area contributed by atoms with Gasteiger partial charge >= 0.3 is 6.18 Å². The van der Waals surface area contributed by atoms with Crippen molar-refractivity contribution < 1.29 is 18.3 Å². The van der Waals surface area contributed by atoms with Crippen LogP contribution in [0.2, 0.25) is 0 Å². The van der Waals surface area contributed by atoms with E-state index in [0.717, 1.165) is 5.56 Å². The van der Waals surface area contributed by atoms with E-state index >= 15 is 0 Å². The van der Waals surface area contributed by atoms with E-state index in [2.05, 4.69) is 0 Å². The Bertz CT molecular complexity index is 373. The summed E-state index contributed by atoms with van der Waals surface area (Å²) < 4.78 is 36.0. The molecule has 1 aromatic rings. The van der Waals surface area contributed by atoms with Crippen molar-refractivity contribution in [3.63, 3.8) is 0 Å². The Kier molecular flexibility index (Phi) is 5.45. The van der Waals surface area contributed by atoms with Gasteiger partial charge in [0.15, 0.2) is 0 Å². The normalized spacial score (nSPS) is 14.8. The van der Waals surface area contributed by atoms with Crippen molar-refractivity contribution >= 4 is 22.6 Å². The summed E-state index contributed by atoms with van der Waals surface area (Å²) in [6, 6.07) is 9.35. The highest BCUT2D eigenvalue weighted by molar-refractivity contribution is 14.1. The van der Waals surface area contributed by atoms with Gasteiger partial charge in [0, 0.05) is 9.66 Å². The molecule has 0 aromatic heterocycles. The summed E-state index contributed by atoms with van der Waals surface area (Å²) in [7, 11) is 0. The summed E-state index contributed by atoms with van der Waals surface area (Å²) in [4.78, 5) is 0. The highest BCUT2D eigenvalue weighted by Crippen LogP contribution is 2.25. The largest absolute Gasteiger partial charge is 0.410 e. The van der Waals surface area contributed by atoms with E-state index in [1.54, 1.807) is 0 Å². The second-order valence-corrected chi connectivity index (χ2v) is 4.86. The fourth-order valence-corrected chi connectivity index (χ4v) is 2.00. The van der Waals surface area contributed by atoms with E-state index in [4.69, 9.17) is 0 Å². The lowest BCUT2D eigenvalue weighted by atomic mass is 10.1. The predicted molar refractivity (Wildman–Crippen MR) is 68.9 cm³/mol. The molecule has 0 aliphatic carbocycles. The number of rotatable bonds is 4. The van der Waals surface area contributed by atoms with Gasteiger partial charge in [-0.3, -0.25) is 0 Å². The van der Waals surface area contributed by atoms with Crippen LogP contribution in [-0.4, -0.2) is 17.4 Å². The van der Waals surface area contributed by atoms with Gasteiger partial charge in [0.05, 0.1) is 6.10 Å². The topological polar surface area (TPSA) is 20.2 Å². The van der Waals surface area contributed by atoms with Gasteiger partial charge in [-0.05, 0) is 41.0 Å². The molecule has 1 nitrogen and oxygen atoms in total. The standard InChI is InChI=1S/C12H12F3IO/c13-12(14,15)8-10(16)11(17)7-6-9-4-2-1-3-5-9/h1-5,8,11,17H,6-7H2/b10-8-. The van der Waals surface area contributed by atoms with Crippen LogP contribution in [0, 0.1) is 0 Å². The lowest BCUT2D eigenvalue weighted by Gasteiger charge is -2.11. The van der Waals surface area contributed by atoms with Crippen LogP contribution >= 0.6 is 22.6 Å². The summed E-state index contributed by atoms with van der Waals surface area (Å²) in [6.45, 7) is 0. The molecule has 17 heavy (non-hydrogen) atoms. The SMILES string of the molecule is OC(CCc1ccccc1)/C(I)=C/C(F)(F)F. The second-order valence-electron chi connectivity index (χ2n) is 3.61. The molecule has 0 saturated heterocycles. The summed E-state index contributed by atoms with van der Waals surface area (Å²) in [5, 5.41) is 9.57. The third-order valence-electron chi connectivity index (χ3n) is 2.17. The van der Waals surface area contributed by atoms with Gasteiger partial charge in [-0.2, -0.15) is 13.2 Å². The van der Waals surface area contributed by atoms with Crippen LogP contribution in [0.1, 0.15) is 12.0 Å². The smallest absolute Gasteiger partial charge is 0.388 e. The number of benzene rings is 1. The van der Waals surface area contributed by atoms with Crippen LogP contribution in [0.4, 0.5) is 13.2 Å². The molecule has 1 N–H and O–H groups in total. The number of hydrogen-bond donors (Lipinski definition) is 1. The van der Waals surface area contributed by atoms with E-state index in [0.29, 0.717) is 6.42 Å². The average molecular weight is 356 g/mol. The molecule has 0 aliphatic heterocycles. The van der Waals surface area contributed by atoms with Crippen LogP contribution in [0.15, 0.2) is 40.0 Å². The minimum absolute atomic E-state index is 0.0777. The maximum absolute atomic E-state index is 12.0. The quantitative estimate of drug-likeness (QED) is 0.813. The highest BCUT2D eigenvalue weighted by atomic mass is 127. The summed E-state index contributed by atoms with van der Waals surface area (Å²) in [5.41, 5.74) is 1.00. The molecule has 1 aromatic carbocycles. The Morgan fingerprint density at radius 3 is 2.41 bits per heavy atom. The van der Waals surface area contributed by atoms with E-state index in [1.807, 2.05) is 30.3 Å². The second kappa shape index (κ2) is 6.39. The molecule has 0 heterocycles. The lowest BCUT2D eigenvalue weighted by molar-refractivity contribution is -0.0807. The zero-order chi connectivity index (χ0) is 12.9. The molecule has 0 fully saturated rings. The zero-order valence-electron chi connectivity index (χ0n) is 8.91. The first kappa shape index (κ1) is 14.5. The number of aliphatic hydroxyl groups is 1. The molecule has 1 unspecified atom stereocenters. The van der Waals surface area contributed by atoms with Gasteiger partial charge in [0.2, 0.25) is 0 Å². The van der Waals surface area contributed by atoms with Gasteiger partial charge < -0.3 is 5.11 Å². The molecule has 0 radical (unpaired) electrons. The number of hydrogen-bond acceptors (Lipinski definition) is 1. The Morgan fingerprint density at radius 2 is 1.88 bits per heavy atom. The van der Waals surface area contributed by atoms with E-state index in [1.165, 1.54) is 22.6 Å². The maximum atomic E-state index is 12.0. The molecule has 5 heteroatoms. The van der Waals surface area contributed by atoms with Crippen molar-refractivity contribution in [1.29, 1.82) is 0 Å². The number of halogens is 4. The Hall–Kier alpha value is -0.560. The maximum Gasteiger partial charge on any atom is 0.410 e. The highest BCUT2D eigenvalue weighted by Gasteiger charge is 2.25.